The lowest BCUT2D eigenvalue weighted by Gasteiger charge is -2.11. The first-order valence-electron chi connectivity index (χ1n) is 8.78. The van der Waals surface area contributed by atoms with Crippen LogP contribution in [-0.2, 0) is 9.84 Å². The molecular formula is C21H21N3O4S. The maximum Gasteiger partial charge on any atom is 0.257 e. The molecule has 8 heteroatoms. The molecule has 1 heterocycles. The lowest BCUT2D eigenvalue weighted by Crippen LogP contribution is -2.13. The number of sulfone groups is 1. The van der Waals surface area contributed by atoms with Crippen LogP contribution >= 0.6 is 0 Å². The molecule has 150 valence electrons. The molecule has 1 aromatic heterocycles. The van der Waals surface area contributed by atoms with Crippen molar-refractivity contribution in [3.63, 3.8) is 0 Å². The van der Waals surface area contributed by atoms with Gasteiger partial charge in [0.1, 0.15) is 0 Å². The molecule has 2 amide bonds. The van der Waals surface area contributed by atoms with E-state index in [9.17, 15) is 18.0 Å². The highest BCUT2D eigenvalue weighted by atomic mass is 32.2. The van der Waals surface area contributed by atoms with Gasteiger partial charge in [0.2, 0.25) is 5.91 Å². The zero-order valence-electron chi connectivity index (χ0n) is 16.3. The average molecular weight is 411 g/mol. The SMILES string of the molecule is Cc1cc(C(=O)Nc2ccc(S(C)(=O)=O)cc2)c(C)n1-c1ccc(C(N)=O)cc1. The minimum Gasteiger partial charge on any atom is -0.366 e. The molecule has 0 unspecified atom stereocenters. The summed E-state index contributed by atoms with van der Waals surface area (Å²) in [5.74, 6) is -0.801. The van der Waals surface area contributed by atoms with Crippen LogP contribution in [0.15, 0.2) is 59.5 Å². The monoisotopic (exact) mass is 411 g/mol. The average Bonchev–Trinajstić information content (AvgIpc) is 2.96. The van der Waals surface area contributed by atoms with Gasteiger partial charge in [-0.1, -0.05) is 0 Å². The summed E-state index contributed by atoms with van der Waals surface area (Å²) in [6, 6.07) is 14.6. The second-order valence-electron chi connectivity index (χ2n) is 6.78. The Hall–Kier alpha value is -3.39. The lowest BCUT2D eigenvalue weighted by molar-refractivity contribution is 0.0997. The molecule has 0 radical (unpaired) electrons. The Kier molecular flexibility index (Phi) is 5.30. The van der Waals surface area contributed by atoms with Crippen LogP contribution in [0.4, 0.5) is 5.69 Å². The summed E-state index contributed by atoms with van der Waals surface area (Å²) < 4.78 is 25.0. The second kappa shape index (κ2) is 7.56. The maximum atomic E-state index is 12.8. The van der Waals surface area contributed by atoms with Gasteiger partial charge in [-0.05, 0) is 68.4 Å². The Morgan fingerprint density at radius 1 is 0.966 bits per heavy atom. The summed E-state index contributed by atoms with van der Waals surface area (Å²) in [4.78, 5) is 24.2. The molecule has 0 aliphatic carbocycles. The Balaban J connectivity index is 1.87. The summed E-state index contributed by atoms with van der Waals surface area (Å²) in [6.45, 7) is 3.71. The highest BCUT2D eigenvalue weighted by Crippen LogP contribution is 2.23. The maximum absolute atomic E-state index is 12.8. The first kappa shape index (κ1) is 20.3. The molecule has 2 aromatic carbocycles. The number of anilines is 1. The fraction of sp³-hybridized carbons (Fsp3) is 0.143. The van der Waals surface area contributed by atoms with Crippen molar-refractivity contribution in [2.75, 3.05) is 11.6 Å². The van der Waals surface area contributed by atoms with Gasteiger partial charge in [-0.15, -0.1) is 0 Å². The van der Waals surface area contributed by atoms with Crippen molar-refractivity contribution < 1.29 is 18.0 Å². The predicted octanol–water partition coefficient (Wildman–Crippen LogP) is 2.85. The van der Waals surface area contributed by atoms with Crippen LogP contribution < -0.4 is 11.1 Å². The minimum absolute atomic E-state index is 0.188. The summed E-state index contributed by atoms with van der Waals surface area (Å²) in [7, 11) is -3.29. The molecule has 0 spiro atoms. The standard InChI is InChI=1S/C21H21N3O4S/c1-13-12-19(14(2)24(13)17-8-4-15(5-9-17)20(22)25)21(26)23-16-6-10-18(11-7-16)29(3,27)28/h4-12H,1-3H3,(H2,22,25)(H,23,26). The van der Waals surface area contributed by atoms with E-state index in [2.05, 4.69) is 5.32 Å². The number of hydrogen-bond acceptors (Lipinski definition) is 4. The van der Waals surface area contributed by atoms with Crippen molar-refractivity contribution in [2.45, 2.75) is 18.7 Å². The molecule has 29 heavy (non-hydrogen) atoms. The number of nitrogens with zero attached hydrogens (tertiary/aromatic N) is 1. The first-order chi connectivity index (χ1) is 13.6. The molecule has 0 bridgehead atoms. The van der Waals surface area contributed by atoms with Crippen molar-refractivity contribution in [3.05, 3.63) is 77.1 Å². The largest absolute Gasteiger partial charge is 0.366 e. The van der Waals surface area contributed by atoms with Crippen LogP contribution in [0.1, 0.15) is 32.1 Å². The number of hydrogen-bond donors (Lipinski definition) is 2. The van der Waals surface area contributed by atoms with Crippen LogP contribution in [0, 0.1) is 13.8 Å². The van der Waals surface area contributed by atoms with E-state index in [1.807, 2.05) is 18.4 Å². The van der Waals surface area contributed by atoms with E-state index in [0.29, 0.717) is 16.8 Å². The number of aryl methyl sites for hydroxylation is 1. The van der Waals surface area contributed by atoms with Gasteiger partial charge < -0.3 is 15.6 Å². The summed E-state index contributed by atoms with van der Waals surface area (Å²) >= 11 is 0. The second-order valence-corrected chi connectivity index (χ2v) is 8.80. The van der Waals surface area contributed by atoms with E-state index in [-0.39, 0.29) is 10.8 Å². The summed E-state index contributed by atoms with van der Waals surface area (Å²) in [6.07, 6.45) is 1.13. The summed E-state index contributed by atoms with van der Waals surface area (Å²) in [5.41, 5.74) is 9.08. The molecule has 0 saturated carbocycles. The third-order valence-electron chi connectivity index (χ3n) is 4.63. The molecule has 0 aliphatic rings. The molecule has 3 N–H and O–H groups in total. The Morgan fingerprint density at radius 3 is 2.07 bits per heavy atom. The third-order valence-corrected chi connectivity index (χ3v) is 5.75. The predicted molar refractivity (Wildman–Crippen MR) is 111 cm³/mol. The van der Waals surface area contributed by atoms with Crippen molar-refractivity contribution in [2.24, 2.45) is 5.73 Å². The molecule has 0 atom stereocenters. The Bertz CT molecular complexity index is 1190. The van der Waals surface area contributed by atoms with Crippen molar-refractivity contribution >= 4 is 27.3 Å². The van der Waals surface area contributed by atoms with Crippen LogP contribution in [0.3, 0.4) is 0 Å². The number of nitrogens with one attached hydrogen (secondary N) is 1. The first-order valence-corrected chi connectivity index (χ1v) is 10.7. The summed E-state index contributed by atoms with van der Waals surface area (Å²) in [5, 5.41) is 2.79. The van der Waals surface area contributed by atoms with Gasteiger partial charge in [0.25, 0.3) is 5.91 Å². The number of carbonyl (C=O) groups is 2. The van der Waals surface area contributed by atoms with E-state index in [1.165, 1.54) is 12.1 Å². The van der Waals surface area contributed by atoms with Gasteiger partial charge in [-0.3, -0.25) is 9.59 Å². The van der Waals surface area contributed by atoms with E-state index in [1.54, 1.807) is 42.5 Å². The number of benzene rings is 2. The molecule has 7 nitrogen and oxygen atoms in total. The minimum atomic E-state index is -3.29. The zero-order chi connectivity index (χ0) is 21.3. The topological polar surface area (TPSA) is 111 Å². The van der Waals surface area contributed by atoms with E-state index < -0.39 is 15.7 Å². The van der Waals surface area contributed by atoms with Gasteiger partial charge in [0.05, 0.1) is 10.5 Å². The lowest BCUT2D eigenvalue weighted by atomic mass is 10.2. The van der Waals surface area contributed by atoms with Gasteiger partial charge in [0, 0.05) is 34.6 Å². The molecule has 0 saturated heterocycles. The van der Waals surface area contributed by atoms with Crippen LogP contribution in [0.2, 0.25) is 0 Å². The fourth-order valence-electron chi connectivity index (χ4n) is 3.15. The van der Waals surface area contributed by atoms with Gasteiger partial charge in [-0.2, -0.15) is 0 Å². The molecule has 0 fully saturated rings. The third kappa shape index (κ3) is 4.22. The smallest absolute Gasteiger partial charge is 0.257 e. The number of amides is 2. The highest BCUT2D eigenvalue weighted by Gasteiger charge is 2.17. The Labute approximate surface area is 169 Å². The van der Waals surface area contributed by atoms with Gasteiger partial charge in [0.15, 0.2) is 9.84 Å². The van der Waals surface area contributed by atoms with Crippen LogP contribution in [0.25, 0.3) is 5.69 Å². The number of primary amides is 1. The highest BCUT2D eigenvalue weighted by molar-refractivity contribution is 7.90. The van der Waals surface area contributed by atoms with Crippen LogP contribution in [-0.4, -0.2) is 31.1 Å². The van der Waals surface area contributed by atoms with Crippen molar-refractivity contribution in [1.82, 2.24) is 4.57 Å². The van der Waals surface area contributed by atoms with Crippen molar-refractivity contribution in [3.8, 4) is 5.69 Å². The van der Waals surface area contributed by atoms with E-state index >= 15 is 0 Å². The van der Waals surface area contributed by atoms with Gasteiger partial charge >= 0.3 is 0 Å². The number of aromatic nitrogens is 1. The number of nitrogens with two attached hydrogens (primary N) is 1. The molecule has 3 rings (SSSR count). The van der Waals surface area contributed by atoms with E-state index in [4.69, 9.17) is 5.73 Å². The molecular weight excluding hydrogens is 390 g/mol. The van der Waals surface area contributed by atoms with Crippen LogP contribution in [0.5, 0.6) is 0 Å². The van der Waals surface area contributed by atoms with Gasteiger partial charge in [-0.25, -0.2) is 8.42 Å². The Morgan fingerprint density at radius 2 is 1.55 bits per heavy atom. The zero-order valence-corrected chi connectivity index (χ0v) is 17.1. The normalized spacial score (nSPS) is 11.3. The van der Waals surface area contributed by atoms with E-state index in [0.717, 1.165) is 23.3 Å². The molecule has 0 aliphatic heterocycles. The molecule has 3 aromatic rings. The van der Waals surface area contributed by atoms with Crippen molar-refractivity contribution in [1.29, 1.82) is 0 Å². The quantitative estimate of drug-likeness (QED) is 0.672. The number of carbonyl (C=O) groups excluding carboxylic acids is 2. The number of rotatable bonds is 5. The fourth-order valence-corrected chi connectivity index (χ4v) is 3.78.